The molecule has 1 fully saturated rings. The van der Waals surface area contributed by atoms with Gasteiger partial charge in [0.2, 0.25) is 0 Å². The zero-order valence-corrected chi connectivity index (χ0v) is 13.6. The van der Waals surface area contributed by atoms with Gasteiger partial charge in [0.25, 0.3) is 5.91 Å². The summed E-state index contributed by atoms with van der Waals surface area (Å²) in [6.45, 7) is 6.56. The van der Waals surface area contributed by atoms with Gasteiger partial charge in [0.1, 0.15) is 18.0 Å². The number of hydrogen-bond acceptors (Lipinski definition) is 6. The third-order valence-corrected chi connectivity index (χ3v) is 4.66. The maximum atomic E-state index is 12.5. The van der Waals surface area contributed by atoms with Crippen molar-refractivity contribution in [3.63, 3.8) is 0 Å². The van der Waals surface area contributed by atoms with Crippen LogP contribution in [0.15, 0.2) is 35.4 Å². The lowest BCUT2D eigenvalue weighted by Gasteiger charge is -2.31. The summed E-state index contributed by atoms with van der Waals surface area (Å²) < 4.78 is 5.92. The molecule has 0 aliphatic carbocycles. The van der Waals surface area contributed by atoms with Crippen LogP contribution in [0.5, 0.6) is 0 Å². The molecule has 3 aliphatic heterocycles. The van der Waals surface area contributed by atoms with Crippen LogP contribution >= 0.6 is 0 Å². The molecule has 0 aromatic heterocycles. The van der Waals surface area contributed by atoms with Gasteiger partial charge < -0.3 is 30.7 Å². The second kappa shape index (κ2) is 5.90. The second-order valence-corrected chi connectivity index (χ2v) is 6.42. The minimum absolute atomic E-state index is 0.0692. The van der Waals surface area contributed by atoms with Crippen LogP contribution in [-0.2, 0) is 9.53 Å². The Balaban J connectivity index is 1.92. The quantitative estimate of drug-likeness (QED) is 0.622. The van der Waals surface area contributed by atoms with Crippen molar-refractivity contribution < 1.29 is 14.6 Å². The Bertz CT molecular complexity index is 598. The van der Waals surface area contributed by atoms with Crippen LogP contribution in [0.25, 0.3) is 0 Å². The smallest absolute Gasteiger partial charge is 0.274 e. The lowest BCUT2D eigenvalue weighted by Crippen LogP contribution is -2.37. The van der Waals surface area contributed by atoms with Crippen molar-refractivity contribution in [2.75, 3.05) is 20.3 Å². The lowest BCUT2D eigenvalue weighted by molar-refractivity contribution is -0.118. The van der Waals surface area contributed by atoms with E-state index in [0.717, 1.165) is 17.7 Å². The maximum absolute atomic E-state index is 12.5. The van der Waals surface area contributed by atoms with E-state index in [1.54, 1.807) is 0 Å². The first-order valence-electron chi connectivity index (χ1n) is 7.85. The third kappa shape index (κ3) is 2.70. The Morgan fingerprint density at radius 2 is 2.30 bits per heavy atom. The lowest BCUT2D eigenvalue weighted by atomic mass is 9.99. The summed E-state index contributed by atoms with van der Waals surface area (Å²) >= 11 is 0. The molecule has 0 bridgehead atoms. The summed E-state index contributed by atoms with van der Waals surface area (Å²) in [4.78, 5) is 16.5. The van der Waals surface area contributed by atoms with E-state index in [0.29, 0.717) is 24.6 Å². The number of likely N-dealkylation sites (N-methyl/N-ethyl adjacent to an activating group) is 1. The highest BCUT2D eigenvalue weighted by Gasteiger charge is 2.41. The molecule has 0 aromatic carbocycles. The number of nitrogens with two attached hydrogens (primary N) is 1. The van der Waals surface area contributed by atoms with Crippen molar-refractivity contribution >= 4 is 5.91 Å². The first-order valence-corrected chi connectivity index (χ1v) is 7.85. The average Bonchev–Trinajstić information content (AvgIpc) is 3.03. The first-order chi connectivity index (χ1) is 10.9. The highest BCUT2D eigenvalue weighted by Crippen LogP contribution is 2.38. The number of carbonyl (C=O) groups excluding carboxylic acids is 1. The van der Waals surface area contributed by atoms with E-state index in [2.05, 4.69) is 23.7 Å². The molecule has 0 saturated carbocycles. The molecule has 3 rings (SSSR count). The average molecular weight is 320 g/mol. The van der Waals surface area contributed by atoms with E-state index >= 15 is 0 Å². The predicted octanol–water partition coefficient (Wildman–Crippen LogP) is 0.0225. The molecule has 7 nitrogen and oxygen atoms in total. The van der Waals surface area contributed by atoms with Gasteiger partial charge in [-0.3, -0.25) is 4.79 Å². The van der Waals surface area contributed by atoms with Crippen LogP contribution in [-0.4, -0.2) is 53.5 Å². The monoisotopic (exact) mass is 320 g/mol. The number of allylic oxidation sites excluding steroid dienone is 2. The Morgan fingerprint density at radius 3 is 2.96 bits per heavy atom. The molecular formula is C16H24N4O3. The SMILES string of the molecule is C=C1C[C@H](N2CN(C)C3=C2C(C)CC=C(N)NC3=O)O[C@@H]1CO. The summed E-state index contributed by atoms with van der Waals surface area (Å²) in [7, 11) is 1.89. The summed E-state index contributed by atoms with van der Waals surface area (Å²) in [5, 5.41) is 12.1. The van der Waals surface area contributed by atoms with Crippen LogP contribution in [0.1, 0.15) is 19.8 Å². The van der Waals surface area contributed by atoms with Gasteiger partial charge in [-0.05, 0) is 18.1 Å². The number of nitrogens with zero attached hydrogens (tertiary/aromatic N) is 2. The van der Waals surface area contributed by atoms with E-state index < -0.39 is 0 Å². The standard InChI is InChI=1S/C16H24N4O3/c1-9-4-5-12(17)18-16(22)15-14(9)20(8-19(15)3)13-6-10(2)11(7-21)23-13/h5,9,11,13,21H,2,4,6-8,17H2,1,3H3,(H,18,22)/t9?,11-,13-/m1/s1. The molecule has 0 spiro atoms. The third-order valence-electron chi connectivity index (χ3n) is 4.66. The minimum Gasteiger partial charge on any atom is -0.393 e. The van der Waals surface area contributed by atoms with Crippen molar-refractivity contribution in [2.24, 2.45) is 11.7 Å². The fraction of sp³-hybridized carbons (Fsp3) is 0.562. The topological polar surface area (TPSA) is 91.1 Å². The summed E-state index contributed by atoms with van der Waals surface area (Å²) in [6, 6.07) is 0. The number of aliphatic hydroxyl groups is 1. The predicted molar refractivity (Wildman–Crippen MR) is 85.2 cm³/mol. The largest absolute Gasteiger partial charge is 0.393 e. The molecule has 7 heteroatoms. The molecule has 1 saturated heterocycles. The Hall–Kier alpha value is -1.99. The molecule has 4 N–H and O–H groups in total. The highest BCUT2D eigenvalue weighted by molar-refractivity contribution is 5.95. The molecule has 3 atom stereocenters. The van der Waals surface area contributed by atoms with Crippen LogP contribution in [0.4, 0.5) is 0 Å². The Morgan fingerprint density at radius 1 is 1.57 bits per heavy atom. The van der Waals surface area contributed by atoms with Crippen molar-refractivity contribution in [3.05, 3.63) is 35.4 Å². The normalized spacial score (nSPS) is 31.8. The van der Waals surface area contributed by atoms with E-state index in [-0.39, 0.29) is 30.8 Å². The van der Waals surface area contributed by atoms with E-state index in [9.17, 15) is 9.90 Å². The van der Waals surface area contributed by atoms with E-state index in [4.69, 9.17) is 10.5 Å². The number of aliphatic hydroxyl groups excluding tert-OH is 1. The van der Waals surface area contributed by atoms with Gasteiger partial charge >= 0.3 is 0 Å². The molecular weight excluding hydrogens is 296 g/mol. The second-order valence-electron chi connectivity index (χ2n) is 6.42. The number of carbonyl (C=O) groups is 1. The zero-order chi connectivity index (χ0) is 16.7. The van der Waals surface area contributed by atoms with Crippen LogP contribution in [0, 0.1) is 5.92 Å². The summed E-state index contributed by atoms with van der Waals surface area (Å²) in [6.07, 6.45) is 2.70. The fourth-order valence-corrected chi connectivity index (χ4v) is 3.46. The van der Waals surface area contributed by atoms with Crippen molar-refractivity contribution in [1.29, 1.82) is 0 Å². The van der Waals surface area contributed by atoms with Crippen molar-refractivity contribution in [2.45, 2.75) is 32.1 Å². The van der Waals surface area contributed by atoms with Gasteiger partial charge in [-0.15, -0.1) is 0 Å². The maximum Gasteiger partial charge on any atom is 0.274 e. The van der Waals surface area contributed by atoms with Crippen molar-refractivity contribution in [1.82, 2.24) is 15.1 Å². The van der Waals surface area contributed by atoms with Gasteiger partial charge in [-0.25, -0.2) is 0 Å². The Labute approximate surface area is 136 Å². The molecule has 1 unspecified atom stereocenters. The molecule has 0 radical (unpaired) electrons. The van der Waals surface area contributed by atoms with E-state index in [1.807, 2.05) is 18.0 Å². The molecule has 23 heavy (non-hydrogen) atoms. The van der Waals surface area contributed by atoms with Crippen LogP contribution < -0.4 is 11.1 Å². The van der Waals surface area contributed by atoms with Gasteiger partial charge in [-0.1, -0.05) is 13.5 Å². The zero-order valence-electron chi connectivity index (χ0n) is 13.6. The molecule has 3 heterocycles. The van der Waals surface area contributed by atoms with Gasteiger partial charge in [0, 0.05) is 25.1 Å². The van der Waals surface area contributed by atoms with Crippen LogP contribution in [0.2, 0.25) is 0 Å². The highest BCUT2D eigenvalue weighted by atomic mass is 16.5. The Kier molecular flexibility index (Phi) is 4.08. The van der Waals surface area contributed by atoms with E-state index in [1.165, 1.54) is 0 Å². The van der Waals surface area contributed by atoms with Crippen LogP contribution in [0.3, 0.4) is 0 Å². The first kappa shape index (κ1) is 15.9. The number of hydrogen-bond donors (Lipinski definition) is 3. The molecule has 1 amide bonds. The number of rotatable bonds is 2. The molecule has 126 valence electrons. The minimum atomic E-state index is -0.330. The van der Waals surface area contributed by atoms with Crippen molar-refractivity contribution in [3.8, 4) is 0 Å². The fourth-order valence-electron chi connectivity index (χ4n) is 3.46. The summed E-state index contributed by atoms with van der Waals surface area (Å²) in [5.74, 6) is 0.344. The number of nitrogens with one attached hydrogen (secondary N) is 1. The van der Waals surface area contributed by atoms with Gasteiger partial charge in [0.15, 0.2) is 0 Å². The number of ether oxygens (including phenoxy) is 1. The molecule has 0 aromatic rings. The summed E-state index contributed by atoms with van der Waals surface area (Å²) in [5.41, 5.74) is 8.29. The number of amides is 1. The van der Waals surface area contributed by atoms with Gasteiger partial charge in [0.05, 0.1) is 19.1 Å². The van der Waals surface area contributed by atoms with Gasteiger partial charge in [-0.2, -0.15) is 0 Å². The molecule has 3 aliphatic rings.